The van der Waals surface area contributed by atoms with Gasteiger partial charge in [0.1, 0.15) is 73.2 Å². The van der Waals surface area contributed by atoms with E-state index in [0.29, 0.717) is 6.42 Å². The molecule has 0 saturated carbocycles. The Hall–Kier alpha value is -1.47. The number of hydrogen-bond donors (Lipinski definition) is 12. The van der Waals surface area contributed by atoms with Crippen molar-refractivity contribution in [2.24, 2.45) is 0 Å². The maximum atomic E-state index is 13.0. The molecule has 0 aromatic heterocycles. The second kappa shape index (κ2) is 31.6. The molecule has 12 N–H and O–H groups in total. The van der Waals surface area contributed by atoms with E-state index in [-0.39, 0.29) is 18.9 Å². The second-order valence-corrected chi connectivity index (χ2v) is 17.6. The molecule has 376 valence electrons. The van der Waals surface area contributed by atoms with E-state index in [1.54, 1.807) is 6.08 Å². The van der Waals surface area contributed by atoms with E-state index in [9.17, 15) is 61.0 Å². The van der Waals surface area contributed by atoms with Gasteiger partial charge in [-0.25, -0.2) is 0 Å². The highest BCUT2D eigenvalue weighted by molar-refractivity contribution is 5.76. The molecule has 0 aliphatic carbocycles. The smallest absolute Gasteiger partial charge is 0.220 e. The summed E-state index contributed by atoms with van der Waals surface area (Å²) in [4.78, 5) is 13.0. The number of carbonyl (C=O) groups is 1. The highest BCUT2D eigenvalue weighted by Crippen LogP contribution is 2.33. The van der Waals surface area contributed by atoms with Gasteiger partial charge in [0.05, 0.1) is 38.6 Å². The third-order valence-electron chi connectivity index (χ3n) is 12.3. The molecule has 17 unspecified atom stereocenters. The number of nitrogens with one attached hydrogen (secondary N) is 1. The lowest BCUT2D eigenvalue weighted by Crippen LogP contribution is -2.66. The van der Waals surface area contributed by atoms with Gasteiger partial charge in [-0.15, -0.1) is 0 Å². The second-order valence-electron chi connectivity index (χ2n) is 17.6. The summed E-state index contributed by atoms with van der Waals surface area (Å²) in [6.45, 7) is 1.59. The minimum absolute atomic E-state index is 0.242. The number of amides is 1. The zero-order valence-corrected chi connectivity index (χ0v) is 38.0. The normalized spacial score (nSPS) is 34.5. The Labute approximate surface area is 378 Å². The summed E-state index contributed by atoms with van der Waals surface area (Å²) >= 11 is 0. The van der Waals surface area contributed by atoms with Crippen molar-refractivity contribution in [2.75, 3.05) is 26.4 Å². The van der Waals surface area contributed by atoms with Crippen molar-refractivity contribution in [1.82, 2.24) is 5.32 Å². The van der Waals surface area contributed by atoms with Crippen LogP contribution in [0.1, 0.15) is 136 Å². The average Bonchev–Trinajstić information content (AvgIpc) is 3.29. The predicted molar refractivity (Wildman–Crippen MR) is 231 cm³/mol. The lowest BCUT2D eigenvalue weighted by molar-refractivity contribution is -0.379. The first-order chi connectivity index (χ1) is 30.8. The summed E-state index contributed by atoms with van der Waals surface area (Å²) in [5, 5.41) is 119. The quantitative estimate of drug-likeness (QED) is 0.0319. The minimum atomic E-state index is -1.97. The molecule has 3 aliphatic heterocycles. The van der Waals surface area contributed by atoms with Gasteiger partial charge in [0.2, 0.25) is 5.91 Å². The molecule has 3 rings (SSSR count). The van der Waals surface area contributed by atoms with Crippen molar-refractivity contribution < 1.29 is 89.4 Å². The Morgan fingerprint density at radius 1 is 0.547 bits per heavy atom. The maximum absolute atomic E-state index is 13.0. The fraction of sp³-hybridized carbons (Fsp3) is 0.933. The van der Waals surface area contributed by atoms with Crippen LogP contribution in [0.4, 0.5) is 0 Å². The topological polar surface area (TPSA) is 307 Å². The molecule has 3 saturated heterocycles. The number of allylic oxidation sites excluding steroid dienone is 1. The zero-order valence-electron chi connectivity index (χ0n) is 38.0. The van der Waals surface area contributed by atoms with Crippen LogP contribution in [0.2, 0.25) is 0 Å². The van der Waals surface area contributed by atoms with Crippen LogP contribution in [0.5, 0.6) is 0 Å². The Kier molecular flexibility index (Phi) is 28.0. The van der Waals surface area contributed by atoms with Crippen molar-refractivity contribution in [3.63, 3.8) is 0 Å². The summed E-state index contributed by atoms with van der Waals surface area (Å²) in [6.07, 6.45) is -3.01. The lowest BCUT2D eigenvalue weighted by atomic mass is 9.96. The van der Waals surface area contributed by atoms with Gasteiger partial charge >= 0.3 is 0 Å². The van der Waals surface area contributed by atoms with E-state index in [0.717, 1.165) is 57.8 Å². The largest absolute Gasteiger partial charge is 0.394 e. The van der Waals surface area contributed by atoms with Crippen LogP contribution in [0.25, 0.3) is 0 Å². The Balaban J connectivity index is 1.58. The van der Waals surface area contributed by atoms with Crippen LogP contribution in [0.3, 0.4) is 0 Å². The SMILES string of the molecule is CCCCCCCCCCCCC/C=C/C(O)C(COC1OC(CO)C(OC2OC(CO)C(OC3OC(CO)C(O)C(O)C3O)C(O)C2O)C(O)C1O)NC(=O)CCCCCCCC. The minimum Gasteiger partial charge on any atom is -0.394 e. The molecule has 0 radical (unpaired) electrons. The molecule has 3 aliphatic rings. The van der Waals surface area contributed by atoms with Crippen molar-refractivity contribution in [3.8, 4) is 0 Å². The molecule has 0 spiro atoms. The molecular formula is C45H83NO18. The third-order valence-corrected chi connectivity index (χ3v) is 12.3. The van der Waals surface area contributed by atoms with Gasteiger partial charge in [0, 0.05) is 6.42 Å². The number of rotatable bonds is 32. The molecule has 3 fully saturated rings. The first kappa shape index (κ1) is 56.9. The first-order valence-corrected chi connectivity index (χ1v) is 23.9. The number of carbonyl (C=O) groups excluding carboxylic acids is 1. The third kappa shape index (κ3) is 18.2. The van der Waals surface area contributed by atoms with Crippen molar-refractivity contribution in [1.29, 1.82) is 0 Å². The molecule has 64 heavy (non-hydrogen) atoms. The van der Waals surface area contributed by atoms with Gasteiger partial charge in [-0.05, 0) is 19.3 Å². The van der Waals surface area contributed by atoms with Crippen LogP contribution in [-0.4, -0.2) is 193 Å². The molecule has 19 heteroatoms. The monoisotopic (exact) mass is 926 g/mol. The standard InChI is InChI=1S/C45H83NO18/c1-3-5-7-9-11-12-13-14-15-16-17-18-20-22-29(50)28(46-33(51)23-21-19-10-8-6-4-2)27-59-43-39(57)36(54)41(31(25-48)61-43)64-45-40(58)37(55)42(32(26-49)62-45)63-44-38(56)35(53)34(52)30(24-47)60-44/h20,22,28-32,34-45,47-50,52-58H,3-19,21,23-27H2,1-2H3,(H,46,51)/b22-20+. The molecule has 0 aromatic rings. The van der Waals surface area contributed by atoms with Crippen molar-refractivity contribution in [3.05, 3.63) is 12.2 Å². The highest BCUT2D eigenvalue weighted by Gasteiger charge is 2.53. The number of unbranched alkanes of at least 4 members (excludes halogenated alkanes) is 16. The predicted octanol–water partition coefficient (Wildman–Crippen LogP) is 0.305. The van der Waals surface area contributed by atoms with Crippen LogP contribution in [0.15, 0.2) is 12.2 Å². The molecule has 1 amide bonds. The lowest BCUT2D eigenvalue weighted by Gasteiger charge is -2.48. The Bertz CT molecular complexity index is 1250. The molecule has 19 nitrogen and oxygen atoms in total. The maximum Gasteiger partial charge on any atom is 0.220 e. The summed E-state index contributed by atoms with van der Waals surface area (Å²) in [5.41, 5.74) is 0. The molecular weight excluding hydrogens is 842 g/mol. The Morgan fingerprint density at radius 2 is 0.969 bits per heavy atom. The first-order valence-electron chi connectivity index (χ1n) is 23.9. The van der Waals surface area contributed by atoms with Crippen LogP contribution >= 0.6 is 0 Å². The van der Waals surface area contributed by atoms with Gasteiger partial charge in [0.15, 0.2) is 18.9 Å². The fourth-order valence-electron chi connectivity index (χ4n) is 8.25. The number of hydrogen-bond acceptors (Lipinski definition) is 18. The van der Waals surface area contributed by atoms with Gasteiger partial charge in [0.25, 0.3) is 0 Å². The van der Waals surface area contributed by atoms with Gasteiger partial charge in [-0.3, -0.25) is 4.79 Å². The zero-order chi connectivity index (χ0) is 47.0. The number of ether oxygens (including phenoxy) is 6. The van der Waals surface area contributed by atoms with Crippen LogP contribution in [0, 0.1) is 0 Å². The Morgan fingerprint density at radius 3 is 1.47 bits per heavy atom. The van der Waals surface area contributed by atoms with Gasteiger partial charge in [-0.2, -0.15) is 0 Å². The molecule has 0 aromatic carbocycles. The van der Waals surface area contributed by atoms with Crippen molar-refractivity contribution >= 4 is 5.91 Å². The van der Waals surface area contributed by atoms with E-state index in [1.807, 2.05) is 6.08 Å². The molecule has 17 atom stereocenters. The van der Waals surface area contributed by atoms with E-state index in [2.05, 4.69) is 19.2 Å². The average molecular weight is 926 g/mol. The summed E-state index contributed by atoms with van der Waals surface area (Å²) < 4.78 is 34.0. The van der Waals surface area contributed by atoms with E-state index in [1.165, 1.54) is 51.4 Å². The summed E-state index contributed by atoms with van der Waals surface area (Å²) in [5.74, 6) is -0.288. The van der Waals surface area contributed by atoms with Crippen molar-refractivity contribution in [2.45, 2.75) is 240 Å². The van der Waals surface area contributed by atoms with E-state index in [4.69, 9.17) is 28.4 Å². The van der Waals surface area contributed by atoms with Crippen LogP contribution in [-0.2, 0) is 33.2 Å². The fourth-order valence-corrected chi connectivity index (χ4v) is 8.25. The molecule has 3 heterocycles. The van der Waals surface area contributed by atoms with E-state index < -0.39 is 124 Å². The number of aliphatic hydroxyl groups excluding tert-OH is 11. The van der Waals surface area contributed by atoms with E-state index >= 15 is 0 Å². The summed E-state index contributed by atoms with van der Waals surface area (Å²) in [7, 11) is 0. The van der Waals surface area contributed by atoms with Crippen LogP contribution < -0.4 is 5.32 Å². The molecule has 0 bridgehead atoms. The number of aliphatic hydroxyl groups is 11. The summed E-state index contributed by atoms with van der Waals surface area (Å²) in [6, 6.07) is -0.962. The van der Waals surface area contributed by atoms with Gasteiger partial charge in [-0.1, -0.05) is 122 Å². The van der Waals surface area contributed by atoms with Gasteiger partial charge < -0.3 is 89.9 Å². The highest BCUT2D eigenvalue weighted by atomic mass is 16.8.